The van der Waals surface area contributed by atoms with E-state index in [4.69, 9.17) is 4.74 Å². The number of benzene rings is 2. The second-order valence-electron chi connectivity index (χ2n) is 6.04. The molecule has 0 radical (unpaired) electrons. The van der Waals surface area contributed by atoms with E-state index in [2.05, 4.69) is 10.6 Å². The first kappa shape index (κ1) is 17.5. The monoisotopic (exact) mass is 346 g/mol. The molecule has 0 atom stereocenters. The predicted molar refractivity (Wildman–Crippen MR) is 102 cm³/mol. The Bertz CT molecular complexity index is 1020. The lowest BCUT2D eigenvalue weighted by Crippen LogP contribution is -1.99. The number of methoxy groups -OCH3 is 1. The van der Waals surface area contributed by atoms with Gasteiger partial charge in [0.15, 0.2) is 0 Å². The summed E-state index contributed by atoms with van der Waals surface area (Å²) in [6.45, 7) is 4.01. The van der Waals surface area contributed by atoms with Crippen molar-refractivity contribution in [1.29, 1.82) is 5.26 Å². The van der Waals surface area contributed by atoms with Crippen LogP contribution in [0.15, 0.2) is 54.6 Å². The molecule has 130 valence electrons. The van der Waals surface area contributed by atoms with Gasteiger partial charge in [0.05, 0.1) is 18.8 Å². The van der Waals surface area contributed by atoms with Crippen molar-refractivity contribution in [3.05, 3.63) is 82.9 Å². The third-order valence-electron chi connectivity index (χ3n) is 4.34. The average molecular weight is 346 g/mol. The summed E-state index contributed by atoms with van der Waals surface area (Å²) in [4.78, 5) is 0. The molecule has 4 heteroatoms. The zero-order valence-corrected chi connectivity index (χ0v) is 15.0. The molecule has 3 rings (SSSR count). The molecule has 1 aromatic heterocycles. The maximum absolute atomic E-state index is 13.5. The molecule has 0 aliphatic carbocycles. The Morgan fingerprint density at radius 1 is 1.12 bits per heavy atom. The highest BCUT2D eigenvalue weighted by Crippen LogP contribution is 2.27. The highest BCUT2D eigenvalue weighted by Gasteiger charge is 2.11. The maximum Gasteiger partial charge on any atom is 0.123 e. The van der Waals surface area contributed by atoms with E-state index in [-0.39, 0.29) is 5.82 Å². The van der Waals surface area contributed by atoms with Crippen LogP contribution in [-0.4, -0.2) is 11.7 Å². The van der Waals surface area contributed by atoms with Crippen LogP contribution in [0.3, 0.4) is 0 Å². The van der Waals surface area contributed by atoms with Gasteiger partial charge < -0.3 is 9.30 Å². The third kappa shape index (κ3) is 3.38. The summed E-state index contributed by atoms with van der Waals surface area (Å²) in [5.74, 6) is 0.426. The van der Waals surface area contributed by atoms with Gasteiger partial charge in [-0.2, -0.15) is 5.26 Å². The van der Waals surface area contributed by atoms with Gasteiger partial charge in [0.25, 0.3) is 0 Å². The van der Waals surface area contributed by atoms with E-state index in [9.17, 15) is 9.65 Å². The molecule has 1 heterocycles. The molecule has 0 aliphatic rings. The van der Waals surface area contributed by atoms with Crippen molar-refractivity contribution in [3.8, 4) is 17.5 Å². The van der Waals surface area contributed by atoms with Gasteiger partial charge in [0.1, 0.15) is 11.6 Å². The second kappa shape index (κ2) is 7.28. The second-order valence-corrected chi connectivity index (χ2v) is 6.04. The van der Waals surface area contributed by atoms with Crippen LogP contribution in [0, 0.1) is 31.0 Å². The Labute approximate surface area is 152 Å². The largest absolute Gasteiger partial charge is 0.497 e. The van der Waals surface area contributed by atoms with Crippen LogP contribution in [0.25, 0.3) is 17.3 Å². The molecular weight excluding hydrogens is 327 g/mol. The van der Waals surface area contributed by atoms with E-state index < -0.39 is 0 Å². The van der Waals surface area contributed by atoms with Crippen molar-refractivity contribution in [1.82, 2.24) is 4.57 Å². The van der Waals surface area contributed by atoms with Crippen LogP contribution < -0.4 is 4.74 Å². The number of ether oxygens (including phenoxy) is 1. The molecule has 3 aromatic rings. The number of hydrogen-bond donors (Lipinski definition) is 0. The molecule has 0 saturated carbocycles. The van der Waals surface area contributed by atoms with Gasteiger partial charge >= 0.3 is 0 Å². The molecular formula is C22H19FN2O. The molecule has 0 saturated heterocycles. The first-order chi connectivity index (χ1) is 12.5. The van der Waals surface area contributed by atoms with E-state index in [1.165, 1.54) is 12.1 Å². The Morgan fingerprint density at radius 3 is 2.58 bits per heavy atom. The normalized spacial score (nSPS) is 11.3. The topological polar surface area (TPSA) is 38.0 Å². The first-order valence-electron chi connectivity index (χ1n) is 8.24. The summed E-state index contributed by atoms with van der Waals surface area (Å²) < 4.78 is 20.9. The Hall–Kier alpha value is -3.32. The SMILES string of the molecule is COc1cccc(-n2c(C)cc(/C=C(\C#N)c3cccc(F)c3)c2C)c1. The van der Waals surface area contributed by atoms with Gasteiger partial charge in [-0.25, -0.2) is 4.39 Å². The number of rotatable bonds is 4. The van der Waals surface area contributed by atoms with Gasteiger partial charge in [-0.3, -0.25) is 0 Å². The van der Waals surface area contributed by atoms with Gasteiger partial charge in [0, 0.05) is 23.1 Å². The maximum atomic E-state index is 13.5. The van der Waals surface area contributed by atoms with Crippen molar-refractivity contribution < 1.29 is 9.13 Å². The molecule has 0 bridgehead atoms. The number of nitriles is 1. The van der Waals surface area contributed by atoms with Gasteiger partial charge in [0.2, 0.25) is 0 Å². The van der Waals surface area contributed by atoms with E-state index in [1.54, 1.807) is 25.3 Å². The molecule has 2 aromatic carbocycles. The van der Waals surface area contributed by atoms with Crippen LogP contribution in [0.1, 0.15) is 22.5 Å². The number of halogens is 1. The summed E-state index contributed by atoms with van der Waals surface area (Å²) >= 11 is 0. The molecule has 0 spiro atoms. The smallest absolute Gasteiger partial charge is 0.123 e. The van der Waals surface area contributed by atoms with Crippen LogP contribution in [0.2, 0.25) is 0 Å². The number of nitrogens with zero attached hydrogens (tertiary/aromatic N) is 2. The zero-order chi connectivity index (χ0) is 18.7. The number of hydrogen-bond acceptors (Lipinski definition) is 2. The fraction of sp³-hybridized carbons (Fsp3) is 0.136. The van der Waals surface area contributed by atoms with Crippen LogP contribution in [0.4, 0.5) is 4.39 Å². The van der Waals surface area contributed by atoms with Crippen LogP contribution in [-0.2, 0) is 0 Å². The van der Waals surface area contributed by atoms with Crippen molar-refractivity contribution >= 4 is 11.6 Å². The summed E-state index contributed by atoms with van der Waals surface area (Å²) in [5, 5.41) is 9.52. The van der Waals surface area contributed by atoms with E-state index in [0.717, 1.165) is 28.4 Å². The number of aromatic nitrogens is 1. The minimum atomic E-state index is -0.356. The minimum Gasteiger partial charge on any atom is -0.497 e. The minimum absolute atomic E-state index is 0.356. The Kier molecular flexibility index (Phi) is 4.90. The lowest BCUT2D eigenvalue weighted by molar-refractivity contribution is 0.414. The fourth-order valence-corrected chi connectivity index (χ4v) is 3.07. The molecule has 3 nitrogen and oxygen atoms in total. The summed E-state index contributed by atoms with van der Waals surface area (Å²) in [5.41, 5.74) is 4.95. The highest BCUT2D eigenvalue weighted by atomic mass is 19.1. The summed E-state index contributed by atoms with van der Waals surface area (Å²) in [6, 6.07) is 18.1. The van der Waals surface area contributed by atoms with Gasteiger partial charge in [-0.05, 0) is 61.4 Å². The quantitative estimate of drug-likeness (QED) is 0.601. The molecule has 26 heavy (non-hydrogen) atoms. The standard InChI is InChI=1S/C22H19FN2O/c1-15-10-18(11-19(14-24)17-6-4-7-20(23)12-17)16(2)25(15)21-8-5-9-22(13-21)26-3/h4-13H,1-3H3/b19-11+. The van der Waals surface area contributed by atoms with E-state index in [1.807, 2.05) is 44.2 Å². The lowest BCUT2D eigenvalue weighted by atomic mass is 10.0. The third-order valence-corrected chi connectivity index (χ3v) is 4.34. The van der Waals surface area contributed by atoms with Gasteiger partial charge in [-0.1, -0.05) is 18.2 Å². The molecule has 0 fully saturated rings. The summed E-state index contributed by atoms with van der Waals surface area (Å²) in [6.07, 6.45) is 1.80. The summed E-state index contributed by atoms with van der Waals surface area (Å²) in [7, 11) is 1.64. The van der Waals surface area contributed by atoms with Crippen molar-refractivity contribution in [2.24, 2.45) is 0 Å². The van der Waals surface area contributed by atoms with Crippen LogP contribution in [0.5, 0.6) is 5.75 Å². The molecule has 0 unspecified atom stereocenters. The van der Waals surface area contributed by atoms with E-state index in [0.29, 0.717) is 11.1 Å². The molecule has 0 aliphatic heterocycles. The van der Waals surface area contributed by atoms with Crippen LogP contribution >= 0.6 is 0 Å². The number of allylic oxidation sites excluding steroid dienone is 1. The molecule has 0 N–H and O–H groups in total. The van der Waals surface area contributed by atoms with Crippen molar-refractivity contribution in [3.63, 3.8) is 0 Å². The number of aryl methyl sites for hydroxylation is 1. The molecule has 0 amide bonds. The first-order valence-corrected chi connectivity index (χ1v) is 8.24. The van der Waals surface area contributed by atoms with Gasteiger partial charge in [-0.15, -0.1) is 0 Å². The highest BCUT2D eigenvalue weighted by molar-refractivity contribution is 5.90. The zero-order valence-electron chi connectivity index (χ0n) is 15.0. The predicted octanol–water partition coefficient (Wildman–Crippen LogP) is 5.31. The van der Waals surface area contributed by atoms with E-state index >= 15 is 0 Å². The Balaban J connectivity index is 2.08. The average Bonchev–Trinajstić information content (AvgIpc) is 2.93. The van der Waals surface area contributed by atoms with Crippen molar-refractivity contribution in [2.45, 2.75) is 13.8 Å². The lowest BCUT2D eigenvalue weighted by Gasteiger charge is -2.11. The Morgan fingerprint density at radius 2 is 1.88 bits per heavy atom. The fourth-order valence-electron chi connectivity index (χ4n) is 3.07. The van der Waals surface area contributed by atoms with Crippen molar-refractivity contribution in [2.75, 3.05) is 7.11 Å².